The fourth-order valence-corrected chi connectivity index (χ4v) is 4.40. The molecule has 0 bridgehead atoms. The molecule has 3 rings (SSSR count). The Morgan fingerprint density at radius 1 is 1.04 bits per heavy atom. The highest BCUT2D eigenvalue weighted by Crippen LogP contribution is 2.19. The molecule has 0 aliphatic carbocycles. The van der Waals surface area contributed by atoms with E-state index in [1.165, 1.54) is 16.4 Å². The lowest BCUT2D eigenvalue weighted by atomic mass is 10.3. The van der Waals surface area contributed by atoms with Crippen LogP contribution in [0, 0.1) is 0 Å². The monoisotopic (exact) mass is 353 g/mol. The molecule has 1 aromatic carbocycles. The van der Waals surface area contributed by atoms with Gasteiger partial charge in [0.2, 0.25) is 15.9 Å². The molecule has 0 atom stereocenters. The minimum atomic E-state index is -3.49. The average Bonchev–Trinajstić information content (AvgIpc) is 3.09. The summed E-state index contributed by atoms with van der Waals surface area (Å²) in [6.45, 7) is 3.89. The van der Waals surface area contributed by atoms with E-state index in [2.05, 4.69) is 10.2 Å². The second-order valence-electron chi connectivity index (χ2n) is 6.07. The third-order valence-corrected chi connectivity index (χ3v) is 6.22. The molecule has 2 aliphatic heterocycles. The van der Waals surface area contributed by atoms with Gasteiger partial charge in [-0.2, -0.15) is 4.31 Å². The van der Waals surface area contributed by atoms with Gasteiger partial charge in [-0.25, -0.2) is 8.42 Å². The lowest BCUT2D eigenvalue weighted by molar-refractivity contribution is -0.117. The van der Waals surface area contributed by atoms with Crippen LogP contribution in [-0.4, -0.2) is 69.5 Å². The molecule has 0 aromatic heterocycles. The molecule has 2 fully saturated rings. The molecule has 1 amide bonds. The molecule has 2 heterocycles. The van der Waals surface area contributed by atoms with Crippen molar-refractivity contribution in [2.24, 2.45) is 0 Å². The average molecular weight is 353 g/mol. The van der Waals surface area contributed by atoms with Gasteiger partial charge in [-0.1, -0.05) is 0 Å². The van der Waals surface area contributed by atoms with Crippen LogP contribution in [0.5, 0.6) is 0 Å². The molecule has 1 N–H and O–H groups in total. The van der Waals surface area contributed by atoms with Gasteiger partial charge >= 0.3 is 0 Å². The molecule has 0 spiro atoms. The predicted molar refractivity (Wildman–Crippen MR) is 90.3 cm³/mol. The highest BCUT2D eigenvalue weighted by Gasteiger charge is 2.26. The van der Waals surface area contributed by atoms with E-state index in [9.17, 15) is 13.2 Å². The molecule has 2 aliphatic rings. The Morgan fingerprint density at radius 2 is 1.67 bits per heavy atom. The van der Waals surface area contributed by atoms with Gasteiger partial charge in [0.1, 0.15) is 0 Å². The summed E-state index contributed by atoms with van der Waals surface area (Å²) in [6, 6.07) is 6.34. The van der Waals surface area contributed by atoms with Crippen molar-refractivity contribution in [2.45, 2.75) is 17.7 Å². The molecular formula is C16H23N3O4S. The Balaban J connectivity index is 1.61. The van der Waals surface area contributed by atoms with Crippen LogP contribution in [0.15, 0.2) is 29.2 Å². The van der Waals surface area contributed by atoms with Crippen LogP contribution in [0.4, 0.5) is 5.69 Å². The van der Waals surface area contributed by atoms with E-state index in [0.717, 1.165) is 25.9 Å². The predicted octanol–water partition coefficient (Wildman–Crippen LogP) is 0.742. The third kappa shape index (κ3) is 4.13. The van der Waals surface area contributed by atoms with Gasteiger partial charge in [-0.15, -0.1) is 0 Å². The molecular weight excluding hydrogens is 330 g/mol. The lowest BCUT2D eigenvalue weighted by Crippen LogP contribution is -2.40. The van der Waals surface area contributed by atoms with Crippen molar-refractivity contribution >= 4 is 21.6 Å². The number of hydrogen-bond acceptors (Lipinski definition) is 5. The van der Waals surface area contributed by atoms with Gasteiger partial charge in [-0.3, -0.25) is 9.69 Å². The summed E-state index contributed by atoms with van der Waals surface area (Å²) in [5, 5.41) is 2.82. The Morgan fingerprint density at radius 3 is 2.29 bits per heavy atom. The number of nitrogens with one attached hydrogen (secondary N) is 1. The van der Waals surface area contributed by atoms with Gasteiger partial charge < -0.3 is 10.1 Å². The van der Waals surface area contributed by atoms with Crippen molar-refractivity contribution in [1.82, 2.24) is 9.21 Å². The molecule has 8 heteroatoms. The van der Waals surface area contributed by atoms with E-state index in [1.54, 1.807) is 12.1 Å². The maximum atomic E-state index is 12.5. The smallest absolute Gasteiger partial charge is 0.243 e. The third-order valence-electron chi connectivity index (χ3n) is 4.31. The van der Waals surface area contributed by atoms with Gasteiger partial charge in [0, 0.05) is 18.8 Å². The number of likely N-dealkylation sites (tertiary alicyclic amines) is 1. The van der Waals surface area contributed by atoms with Crippen LogP contribution in [-0.2, 0) is 19.6 Å². The molecule has 0 unspecified atom stereocenters. The van der Waals surface area contributed by atoms with E-state index < -0.39 is 10.0 Å². The summed E-state index contributed by atoms with van der Waals surface area (Å²) in [4.78, 5) is 14.4. The van der Waals surface area contributed by atoms with Crippen molar-refractivity contribution in [2.75, 3.05) is 51.3 Å². The van der Waals surface area contributed by atoms with Crippen LogP contribution in [0.1, 0.15) is 12.8 Å². The normalized spacial score (nSPS) is 20.2. The van der Waals surface area contributed by atoms with Gasteiger partial charge in [-0.05, 0) is 50.2 Å². The van der Waals surface area contributed by atoms with Gasteiger partial charge in [0.05, 0.1) is 24.7 Å². The summed E-state index contributed by atoms with van der Waals surface area (Å²) < 4.78 is 31.7. The molecule has 7 nitrogen and oxygen atoms in total. The number of carbonyl (C=O) groups is 1. The Bertz CT molecular complexity index is 663. The Kier molecular flexibility index (Phi) is 5.50. The van der Waals surface area contributed by atoms with Crippen LogP contribution in [0.2, 0.25) is 0 Å². The number of hydrogen-bond donors (Lipinski definition) is 1. The van der Waals surface area contributed by atoms with E-state index in [1.807, 2.05) is 0 Å². The van der Waals surface area contributed by atoms with Crippen LogP contribution < -0.4 is 5.32 Å². The van der Waals surface area contributed by atoms with Gasteiger partial charge in [0.15, 0.2) is 0 Å². The number of anilines is 1. The molecule has 1 aromatic rings. The number of ether oxygens (including phenoxy) is 1. The van der Waals surface area contributed by atoms with Crippen molar-refractivity contribution in [3.05, 3.63) is 24.3 Å². The molecule has 132 valence electrons. The number of nitrogens with zero attached hydrogens (tertiary/aromatic N) is 2. The Hall–Kier alpha value is -1.48. The summed E-state index contributed by atoms with van der Waals surface area (Å²) in [7, 11) is -3.49. The largest absolute Gasteiger partial charge is 0.379 e. The van der Waals surface area contributed by atoms with E-state index in [-0.39, 0.29) is 10.8 Å². The zero-order valence-corrected chi connectivity index (χ0v) is 14.4. The van der Waals surface area contributed by atoms with Crippen molar-refractivity contribution in [1.29, 1.82) is 0 Å². The number of carbonyl (C=O) groups excluding carboxylic acids is 1. The second kappa shape index (κ2) is 7.60. The first-order valence-electron chi connectivity index (χ1n) is 8.26. The second-order valence-corrected chi connectivity index (χ2v) is 8.01. The van der Waals surface area contributed by atoms with Crippen molar-refractivity contribution in [3.63, 3.8) is 0 Å². The summed E-state index contributed by atoms with van der Waals surface area (Å²) in [6.07, 6.45) is 2.28. The minimum Gasteiger partial charge on any atom is -0.379 e. The molecule has 2 saturated heterocycles. The van der Waals surface area contributed by atoms with E-state index >= 15 is 0 Å². The van der Waals surface area contributed by atoms with E-state index in [4.69, 9.17) is 4.74 Å². The van der Waals surface area contributed by atoms with Crippen molar-refractivity contribution < 1.29 is 17.9 Å². The summed E-state index contributed by atoms with van der Waals surface area (Å²) in [5.41, 5.74) is 0.611. The number of sulfonamides is 1. The zero-order chi connectivity index (χ0) is 17.0. The lowest BCUT2D eigenvalue weighted by Gasteiger charge is -2.26. The van der Waals surface area contributed by atoms with Gasteiger partial charge in [0.25, 0.3) is 0 Å². The van der Waals surface area contributed by atoms with Crippen molar-refractivity contribution in [3.8, 4) is 0 Å². The molecule has 24 heavy (non-hydrogen) atoms. The zero-order valence-electron chi connectivity index (χ0n) is 13.6. The summed E-state index contributed by atoms with van der Waals surface area (Å²) >= 11 is 0. The fraction of sp³-hybridized carbons (Fsp3) is 0.562. The topological polar surface area (TPSA) is 79.0 Å². The number of benzene rings is 1. The van der Waals surface area contributed by atoms with E-state index in [0.29, 0.717) is 38.5 Å². The summed E-state index contributed by atoms with van der Waals surface area (Å²) in [5.74, 6) is -0.0688. The van der Waals surface area contributed by atoms with Crippen LogP contribution in [0.25, 0.3) is 0 Å². The fourth-order valence-electron chi connectivity index (χ4n) is 2.99. The first-order chi connectivity index (χ1) is 11.6. The van der Waals surface area contributed by atoms with Crippen LogP contribution >= 0.6 is 0 Å². The highest BCUT2D eigenvalue weighted by molar-refractivity contribution is 7.89. The molecule has 0 saturated carbocycles. The molecule has 0 radical (unpaired) electrons. The van der Waals surface area contributed by atoms with Crippen LogP contribution in [0.3, 0.4) is 0 Å². The number of rotatable bonds is 5. The quantitative estimate of drug-likeness (QED) is 0.845. The maximum absolute atomic E-state index is 12.5. The Labute approximate surface area is 142 Å². The first kappa shape index (κ1) is 17.3. The number of amides is 1. The maximum Gasteiger partial charge on any atom is 0.243 e. The first-order valence-corrected chi connectivity index (χ1v) is 9.70. The standard InChI is InChI=1S/C16H23N3O4S/c20-16(13-18-7-1-2-8-18)17-14-3-5-15(6-4-14)24(21,22)19-9-11-23-12-10-19/h3-6H,1-2,7-13H2,(H,17,20). The number of morpholine rings is 1. The SMILES string of the molecule is O=C(CN1CCCC1)Nc1ccc(S(=O)(=O)N2CCOCC2)cc1. The minimum absolute atomic E-state index is 0.0688. The highest BCUT2D eigenvalue weighted by atomic mass is 32.2.